The fraction of sp³-hybridized carbons (Fsp3) is 0.500. The second kappa shape index (κ2) is 7.75. The van der Waals surface area contributed by atoms with Crippen LogP contribution in [-0.4, -0.2) is 64.0 Å². The van der Waals surface area contributed by atoms with Crippen LogP contribution in [0, 0.1) is 0 Å². The molecule has 0 radical (unpaired) electrons. The summed E-state index contributed by atoms with van der Waals surface area (Å²) in [6.45, 7) is 1.11. The molecule has 0 saturated carbocycles. The molecule has 0 atom stereocenters. The van der Waals surface area contributed by atoms with E-state index in [0.717, 1.165) is 10.8 Å². The Bertz CT molecular complexity index is 495. The van der Waals surface area contributed by atoms with E-state index in [9.17, 15) is 13.4 Å². The lowest BCUT2D eigenvalue weighted by molar-refractivity contribution is 0.339. The average Bonchev–Trinajstić information content (AvgIpc) is 2.38. The van der Waals surface area contributed by atoms with Gasteiger partial charge in [-0.1, -0.05) is 30.3 Å². The van der Waals surface area contributed by atoms with E-state index in [4.69, 9.17) is 4.10 Å². The zero-order chi connectivity index (χ0) is 15.2. The van der Waals surface area contributed by atoms with Crippen molar-refractivity contribution in [2.24, 2.45) is 0 Å². The van der Waals surface area contributed by atoms with E-state index in [1.54, 1.807) is 30.3 Å². The first kappa shape index (κ1) is 17.1. The maximum absolute atomic E-state index is 11.9. The van der Waals surface area contributed by atoms with Crippen LogP contribution < -0.4 is 5.46 Å². The van der Waals surface area contributed by atoms with E-state index in [0.29, 0.717) is 18.4 Å². The van der Waals surface area contributed by atoms with E-state index >= 15 is 0 Å². The quantitative estimate of drug-likeness (QED) is 0.657. The number of nitrogens with zero attached hydrogens (tertiary/aromatic N) is 2. The topological polar surface area (TPSA) is 70.1 Å². The summed E-state index contributed by atoms with van der Waals surface area (Å²) in [5.74, 6) is 0. The van der Waals surface area contributed by atoms with Crippen LogP contribution in [0.4, 0.5) is 0 Å². The summed E-state index contributed by atoms with van der Waals surface area (Å²) in [6.07, 6.45) is 0.688. The summed E-state index contributed by atoms with van der Waals surface area (Å²) in [7, 11) is -0.154. The van der Waals surface area contributed by atoms with Gasteiger partial charge in [0.2, 0.25) is 0 Å². The van der Waals surface area contributed by atoms with Crippen molar-refractivity contribution in [3.8, 4) is 0 Å². The second-order valence-electron chi connectivity index (χ2n) is 4.80. The van der Waals surface area contributed by atoms with Gasteiger partial charge in [0.15, 0.2) is 0 Å². The summed E-state index contributed by atoms with van der Waals surface area (Å²) >= 11 is 0. The van der Waals surface area contributed by atoms with Crippen molar-refractivity contribution in [2.75, 3.05) is 34.2 Å². The minimum Gasteiger partial charge on any atom is -0.422 e. The number of rotatable bonds is 8. The molecule has 20 heavy (non-hydrogen) atoms. The summed E-state index contributed by atoms with van der Waals surface area (Å²) in [6, 6.07) is 8.39. The lowest BCUT2D eigenvalue weighted by atomic mass is 9.80. The van der Waals surface area contributed by atoms with Crippen molar-refractivity contribution >= 4 is 22.9 Å². The Morgan fingerprint density at radius 2 is 1.75 bits per heavy atom. The maximum Gasteiger partial charge on any atom is 0.508 e. The molecule has 0 amide bonds. The Hall–Kier alpha value is -0.925. The highest BCUT2D eigenvalue weighted by atomic mass is 32.2. The third-order valence-corrected chi connectivity index (χ3v) is 4.13. The predicted octanol–water partition coefficient (Wildman–Crippen LogP) is -0.481. The molecule has 0 bridgehead atoms. The van der Waals surface area contributed by atoms with Crippen LogP contribution in [-0.2, 0) is 14.4 Å². The van der Waals surface area contributed by atoms with Crippen LogP contribution in [0.15, 0.2) is 30.3 Å². The van der Waals surface area contributed by atoms with Gasteiger partial charge in [0.25, 0.3) is 0 Å². The first-order chi connectivity index (χ1) is 9.33. The molecule has 8 heteroatoms. The van der Waals surface area contributed by atoms with E-state index in [-0.39, 0.29) is 0 Å². The summed E-state index contributed by atoms with van der Waals surface area (Å²) in [4.78, 5) is 1.97. The van der Waals surface area contributed by atoms with Crippen molar-refractivity contribution in [3.63, 3.8) is 0 Å². The fourth-order valence-corrected chi connectivity index (χ4v) is 2.42. The Kier molecular flexibility index (Phi) is 6.64. The molecule has 0 aromatic heterocycles. The summed E-state index contributed by atoms with van der Waals surface area (Å²) in [5, 5.41) is 9.78. The molecule has 0 aliphatic carbocycles. The maximum atomic E-state index is 11.9. The van der Waals surface area contributed by atoms with E-state index in [2.05, 4.69) is 0 Å². The van der Waals surface area contributed by atoms with Gasteiger partial charge in [-0.2, -0.15) is 12.7 Å². The lowest BCUT2D eigenvalue weighted by Gasteiger charge is -2.19. The Morgan fingerprint density at radius 3 is 2.30 bits per heavy atom. The van der Waals surface area contributed by atoms with Gasteiger partial charge >= 0.3 is 17.4 Å². The molecular formula is C12H21BN2O4S. The molecule has 0 aliphatic rings. The monoisotopic (exact) mass is 300 g/mol. The van der Waals surface area contributed by atoms with Crippen LogP contribution >= 0.6 is 0 Å². The van der Waals surface area contributed by atoms with Crippen LogP contribution in [0.2, 0.25) is 0 Å². The smallest absolute Gasteiger partial charge is 0.422 e. The Balaban J connectivity index is 2.56. The third kappa shape index (κ3) is 5.60. The van der Waals surface area contributed by atoms with Crippen LogP contribution in [0.3, 0.4) is 0 Å². The van der Waals surface area contributed by atoms with Crippen LogP contribution in [0.25, 0.3) is 0 Å². The van der Waals surface area contributed by atoms with E-state index < -0.39 is 17.4 Å². The highest BCUT2D eigenvalue weighted by molar-refractivity contribution is 7.85. The van der Waals surface area contributed by atoms with Crippen LogP contribution in [0.1, 0.15) is 6.42 Å². The minimum absolute atomic E-state index is 0.335. The Morgan fingerprint density at radius 1 is 1.15 bits per heavy atom. The molecular weight excluding hydrogens is 279 g/mol. The van der Waals surface area contributed by atoms with Crippen molar-refractivity contribution in [1.29, 1.82) is 0 Å². The number of hydrogen-bond acceptors (Lipinski definition) is 5. The van der Waals surface area contributed by atoms with Crippen molar-refractivity contribution in [2.45, 2.75) is 6.42 Å². The molecule has 0 unspecified atom stereocenters. The van der Waals surface area contributed by atoms with Gasteiger partial charge < -0.3 is 9.92 Å². The molecule has 112 valence electrons. The van der Waals surface area contributed by atoms with Gasteiger partial charge in [0.05, 0.1) is 0 Å². The molecule has 1 N–H and O–H groups in total. The first-order valence-corrected chi connectivity index (χ1v) is 7.72. The standard InChI is InChI=1S/C12H21BN2O4S/c1-14(2)10-7-11-15(3)20(17,18)19-13(16)12-8-5-4-6-9-12/h4-6,8-9,16H,7,10-11H2,1-3H3. The van der Waals surface area contributed by atoms with Gasteiger partial charge in [-0.15, -0.1) is 0 Å². The van der Waals surface area contributed by atoms with Crippen molar-refractivity contribution in [1.82, 2.24) is 9.21 Å². The number of hydrogen-bond donors (Lipinski definition) is 1. The van der Waals surface area contributed by atoms with Crippen molar-refractivity contribution in [3.05, 3.63) is 30.3 Å². The zero-order valence-corrected chi connectivity index (χ0v) is 12.9. The van der Waals surface area contributed by atoms with E-state index in [1.165, 1.54) is 7.05 Å². The van der Waals surface area contributed by atoms with Gasteiger partial charge in [-0.25, -0.2) is 0 Å². The minimum atomic E-state index is -3.94. The molecule has 6 nitrogen and oxygen atoms in total. The average molecular weight is 300 g/mol. The predicted molar refractivity (Wildman–Crippen MR) is 79.9 cm³/mol. The molecule has 0 spiro atoms. The Labute approximate surface area is 121 Å². The van der Waals surface area contributed by atoms with Crippen molar-refractivity contribution < 1.29 is 17.5 Å². The summed E-state index contributed by atoms with van der Waals surface area (Å²) < 4.78 is 29.7. The highest BCUT2D eigenvalue weighted by Crippen LogP contribution is 2.03. The molecule has 1 aromatic carbocycles. The van der Waals surface area contributed by atoms with Gasteiger partial charge in [0.1, 0.15) is 0 Å². The third-order valence-electron chi connectivity index (χ3n) is 2.76. The largest absolute Gasteiger partial charge is 0.508 e. The molecule has 0 heterocycles. The van der Waals surface area contributed by atoms with Gasteiger partial charge in [-0.05, 0) is 32.5 Å². The highest BCUT2D eigenvalue weighted by Gasteiger charge is 2.27. The normalized spacial score (nSPS) is 12.1. The molecule has 1 aromatic rings. The lowest BCUT2D eigenvalue weighted by Crippen LogP contribution is -2.41. The first-order valence-electron chi connectivity index (χ1n) is 6.35. The SMILES string of the molecule is CN(C)CCCN(C)S(=O)(=O)OB(O)c1ccccc1. The van der Waals surface area contributed by atoms with E-state index in [1.807, 2.05) is 19.0 Å². The molecule has 0 aliphatic heterocycles. The molecule has 1 rings (SSSR count). The van der Waals surface area contributed by atoms with Crippen LogP contribution in [0.5, 0.6) is 0 Å². The van der Waals surface area contributed by atoms with Gasteiger partial charge in [-0.3, -0.25) is 4.10 Å². The second-order valence-corrected chi connectivity index (χ2v) is 6.47. The number of benzene rings is 1. The zero-order valence-electron chi connectivity index (χ0n) is 12.1. The molecule has 0 fully saturated rings. The summed E-state index contributed by atoms with van der Waals surface area (Å²) in [5.41, 5.74) is 0.401. The fourth-order valence-electron chi connectivity index (χ4n) is 1.58. The molecule has 0 saturated heterocycles. The van der Waals surface area contributed by atoms with Gasteiger partial charge in [0, 0.05) is 13.6 Å².